The maximum atomic E-state index is 5.08. The van der Waals surface area contributed by atoms with Crippen molar-refractivity contribution in [2.75, 3.05) is 13.3 Å². The number of aromatic nitrogens is 7. The predicted octanol–water partition coefficient (Wildman–Crippen LogP) is 23.1. The number of hydrogen-bond acceptors (Lipinski definition) is 11. The first-order valence-corrected chi connectivity index (χ1v) is 33.2. The lowest BCUT2D eigenvalue weighted by Gasteiger charge is -2.15. The monoisotopic (exact) mass is 1230 g/mol. The second-order valence-electron chi connectivity index (χ2n) is 14.4. The summed E-state index contributed by atoms with van der Waals surface area (Å²) >= 11 is 3.28. The van der Waals surface area contributed by atoms with E-state index in [0.29, 0.717) is 6.79 Å². The largest absolute Gasteiger partial charge is 0.454 e. The third-order valence-corrected chi connectivity index (χ3v) is 10.9. The molecule has 5 aromatic heterocycles. The van der Waals surface area contributed by atoms with Crippen LogP contribution in [0.15, 0.2) is 266 Å². The number of nitrogens with one attached hydrogen (secondary N) is 2. The van der Waals surface area contributed by atoms with Gasteiger partial charge in [0.2, 0.25) is 6.79 Å². The van der Waals surface area contributed by atoms with Crippen molar-refractivity contribution in [3.05, 3.63) is 277 Å². The molecular formula is C76H108N8O2S2. The average molecular weight is 1230 g/mol. The minimum absolute atomic E-state index is 0.360. The van der Waals surface area contributed by atoms with Crippen molar-refractivity contribution in [2.45, 2.75) is 138 Å². The first-order chi connectivity index (χ1) is 43.8. The van der Waals surface area contributed by atoms with Crippen LogP contribution in [0.4, 0.5) is 0 Å². The molecule has 0 aliphatic carbocycles. The van der Waals surface area contributed by atoms with Crippen molar-refractivity contribution >= 4 is 54.7 Å². The Hall–Kier alpha value is -8.42. The number of fused-ring (bicyclic) bond motifs is 5. The summed E-state index contributed by atoms with van der Waals surface area (Å²) in [5.74, 6) is 1.69. The zero-order valence-corrected chi connectivity index (χ0v) is 58.2. The third-order valence-electron chi connectivity index (χ3n) is 9.56. The molecule has 2 N–H and O–H groups in total. The molecule has 476 valence electrons. The van der Waals surface area contributed by atoms with E-state index in [2.05, 4.69) is 119 Å². The highest BCUT2D eigenvalue weighted by Gasteiger charge is 2.09. The fraction of sp³-hybridized carbons (Fsp3) is 0.289. The first kappa shape index (κ1) is 86.0. The number of rotatable bonds is 0. The van der Waals surface area contributed by atoms with Gasteiger partial charge in [0.1, 0.15) is 6.33 Å². The lowest BCUT2D eigenvalue weighted by Crippen LogP contribution is -2.23. The number of thiazole rings is 2. The lowest BCUT2D eigenvalue weighted by molar-refractivity contribution is 0.174. The predicted molar refractivity (Wildman–Crippen MR) is 391 cm³/mol. The van der Waals surface area contributed by atoms with E-state index in [1.165, 1.54) is 39.3 Å². The van der Waals surface area contributed by atoms with Gasteiger partial charge in [0.05, 0.1) is 38.6 Å². The number of ether oxygens (including phenoxy) is 2. The van der Waals surface area contributed by atoms with Gasteiger partial charge < -0.3 is 19.8 Å². The molecule has 12 aromatic rings. The molecule has 2 aliphatic heterocycles. The summed E-state index contributed by atoms with van der Waals surface area (Å²) in [6.07, 6.45) is 13.0. The number of nitrogens with zero attached hydrogens (tertiary/aromatic N) is 6. The minimum atomic E-state index is 0.360. The summed E-state index contributed by atoms with van der Waals surface area (Å²) in [7, 11) is 0. The Kier molecular flexibility index (Phi) is 69.5. The van der Waals surface area contributed by atoms with Gasteiger partial charge in [-0.2, -0.15) is 0 Å². The average Bonchev–Trinajstić information content (AvgIpc) is 4.58. The Balaban J connectivity index is -0.000000439. The maximum absolute atomic E-state index is 5.08. The van der Waals surface area contributed by atoms with Crippen molar-refractivity contribution in [1.29, 1.82) is 0 Å². The van der Waals surface area contributed by atoms with Gasteiger partial charge in [0, 0.05) is 42.9 Å². The molecule has 2 aliphatic rings. The normalized spacial score (nSPS) is 9.20. The number of benzene rings is 7. The molecule has 12 heteroatoms. The molecule has 14 rings (SSSR count). The van der Waals surface area contributed by atoms with Crippen molar-refractivity contribution in [1.82, 2.24) is 40.2 Å². The fourth-order valence-corrected chi connectivity index (χ4v) is 7.24. The van der Waals surface area contributed by atoms with Crippen LogP contribution in [0.5, 0.6) is 11.5 Å². The van der Waals surface area contributed by atoms with Crippen molar-refractivity contribution in [3.8, 4) is 11.5 Å². The van der Waals surface area contributed by atoms with Crippen LogP contribution < -0.4 is 14.8 Å². The molecule has 0 bridgehead atoms. The third kappa shape index (κ3) is 44.1. The minimum Gasteiger partial charge on any atom is -0.454 e. The Morgan fingerprint density at radius 1 is 0.375 bits per heavy atom. The van der Waals surface area contributed by atoms with Gasteiger partial charge in [0.15, 0.2) is 11.5 Å². The Labute approximate surface area is 541 Å². The van der Waals surface area contributed by atoms with Crippen LogP contribution in [-0.2, 0) is 13.0 Å². The van der Waals surface area contributed by atoms with Crippen LogP contribution in [0.2, 0.25) is 0 Å². The van der Waals surface area contributed by atoms with Crippen molar-refractivity contribution in [2.24, 2.45) is 0 Å². The molecule has 0 spiro atoms. The van der Waals surface area contributed by atoms with Crippen LogP contribution in [0.1, 0.15) is 136 Å². The first-order valence-electron chi connectivity index (χ1n) is 31.4. The molecule has 0 unspecified atom stereocenters. The van der Waals surface area contributed by atoms with Crippen LogP contribution in [-0.4, -0.2) is 48.2 Å². The highest BCUT2D eigenvalue weighted by Crippen LogP contribution is 2.30. The molecule has 0 saturated heterocycles. The Bertz CT molecular complexity index is 2720. The van der Waals surface area contributed by atoms with Gasteiger partial charge in [-0.15, -0.1) is 22.7 Å². The number of aromatic amines is 1. The number of para-hydroxylation sites is 5. The number of H-pyrrole nitrogens is 1. The fourth-order valence-electron chi connectivity index (χ4n) is 6.21. The number of hydrogen-bond donors (Lipinski definition) is 2. The summed E-state index contributed by atoms with van der Waals surface area (Å²) in [5.41, 5.74) is 9.86. The summed E-state index contributed by atoms with van der Waals surface area (Å²) < 4.78 is 11.4. The SMILES string of the molecule is CC.CC.CC.CC.CC.CC.CC.CC.CC.c1ccc2[nH]cnc2c1.c1ccc2c(c1)CCNC2.c1ccc2c(c1)OCO2.c1ccc2ccccc2c1.c1ccc2scnc2c1.c1ccccc1.c1ccncc1.c1cncnc1.c1cscn1. The zero-order valence-electron chi connectivity index (χ0n) is 56.5. The molecule has 0 amide bonds. The van der Waals surface area contributed by atoms with E-state index in [1.807, 2.05) is 257 Å². The molecule has 7 aromatic carbocycles. The van der Waals surface area contributed by atoms with Crippen LogP contribution in [0.25, 0.3) is 32.0 Å². The molecule has 7 heterocycles. The molecule has 0 radical (unpaired) electrons. The highest BCUT2D eigenvalue weighted by molar-refractivity contribution is 7.16. The van der Waals surface area contributed by atoms with Crippen molar-refractivity contribution in [3.63, 3.8) is 0 Å². The number of imidazole rings is 1. The zero-order chi connectivity index (χ0) is 66.2. The molecule has 10 nitrogen and oxygen atoms in total. The van der Waals surface area contributed by atoms with E-state index in [4.69, 9.17) is 9.47 Å². The quantitative estimate of drug-likeness (QED) is 0.153. The second kappa shape index (κ2) is 71.1. The van der Waals surface area contributed by atoms with E-state index in [0.717, 1.165) is 41.1 Å². The topological polar surface area (TPSA) is 124 Å². The van der Waals surface area contributed by atoms with Gasteiger partial charge in [-0.25, -0.2) is 19.9 Å². The maximum Gasteiger partial charge on any atom is 0.231 e. The molecule has 0 saturated carbocycles. The summed E-state index contributed by atoms with van der Waals surface area (Å²) in [6, 6.07) is 68.5. The van der Waals surface area contributed by atoms with Gasteiger partial charge >= 0.3 is 0 Å². The Morgan fingerprint density at radius 3 is 1.22 bits per heavy atom. The highest BCUT2D eigenvalue weighted by atomic mass is 32.1. The molecule has 88 heavy (non-hydrogen) atoms. The van der Waals surface area contributed by atoms with Gasteiger partial charge in [-0.1, -0.05) is 276 Å². The van der Waals surface area contributed by atoms with Gasteiger partial charge in [-0.3, -0.25) is 9.97 Å². The summed E-state index contributed by atoms with van der Waals surface area (Å²) in [5, 5.41) is 7.89. The van der Waals surface area contributed by atoms with Crippen LogP contribution in [0.3, 0.4) is 0 Å². The van der Waals surface area contributed by atoms with Gasteiger partial charge in [-0.05, 0) is 89.5 Å². The summed E-state index contributed by atoms with van der Waals surface area (Å²) in [6.45, 7) is 38.5. The summed E-state index contributed by atoms with van der Waals surface area (Å²) in [4.78, 5) is 26.1. The number of pyridine rings is 1. The van der Waals surface area contributed by atoms with E-state index in [-0.39, 0.29) is 0 Å². The van der Waals surface area contributed by atoms with Gasteiger partial charge in [0.25, 0.3) is 0 Å². The van der Waals surface area contributed by atoms with E-state index < -0.39 is 0 Å². The standard InChI is InChI=1S/C10H8.C9H11N.C7H6N2.C7H5NS.C7H6O2.C6H6.C5H5N.C4H4N2.C3H3NS.9C2H6/c1-2-6-10-8-4-3-7-9(10)5-1;1-2-4-9-7-10-6-5-8(9)3-1;3*1-2-4-7-6(3-1)8-5-9-7;2*1-2-4-6-5-3-1;1-2-5-4-6-3-1;1-2-5-3-4-1;9*1-2/h1-8H;1-4,10H,5-7H2;1-5H,(H,8,9);1-5H;1-4H,5H2;1-6H;1-5H;1-4H;1-3H;9*1-2H3. The smallest absolute Gasteiger partial charge is 0.231 e. The molecular weight excluding hydrogens is 1120 g/mol. The second-order valence-corrected chi connectivity index (χ2v) is 16.0. The lowest BCUT2D eigenvalue weighted by atomic mass is 10.0. The Morgan fingerprint density at radius 2 is 0.818 bits per heavy atom. The van der Waals surface area contributed by atoms with Crippen LogP contribution >= 0.6 is 22.7 Å². The van der Waals surface area contributed by atoms with E-state index >= 15 is 0 Å². The van der Waals surface area contributed by atoms with E-state index in [1.54, 1.807) is 71.6 Å². The van der Waals surface area contributed by atoms with Crippen LogP contribution in [0, 0.1) is 0 Å². The molecule has 0 atom stereocenters. The van der Waals surface area contributed by atoms with E-state index in [9.17, 15) is 0 Å². The molecule has 0 fully saturated rings. The van der Waals surface area contributed by atoms with Crippen molar-refractivity contribution < 1.29 is 9.47 Å².